The average molecular weight is 430 g/mol. The second-order valence-electron chi connectivity index (χ2n) is 6.94. The average Bonchev–Trinajstić information content (AvgIpc) is 3.18. The van der Waals surface area contributed by atoms with Crippen LogP contribution < -0.4 is 10.1 Å². The Labute approximate surface area is 182 Å². The second kappa shape index (κ2) is 8.64. The van der Waals surface area contributed by atoms with Gasteiger partial charge >= 0.3 is 0 Å². The Balaban J connectivity index is 1.52. The third-order valence-corrected chi connectivity index (χ3v) is 4.69. The number of benzene rings is 2. The molecule has 0 aliphatic heterocycles. The van der Waals surface area contributed by atoms with E-state index in [0.717, 1.165) is 5.56 Å². The lowest BCUT2D eigenvalue weighted by molar-refractivity contribution is -0.384. The molecule has 0 saturated heterocycles. The molecule has 1 amide bonds. The van der Waals surface area contributed by atoms with Crippen LogP contribution in [0.4, 0.5) is 11.4 Å². The smallest absolute Gasteiger partial charge is 0.278 e. The van der Waals surface area contributed by atoms with Gasteiger partial charge in [-0.2, -0.15) is 0 Å². The summed E-state index contributed by atoms with van der Waals surface area (Å²) in [4.78, 5) is 27.3. The van der Waals surface area contributed by atoms with E-state index in [4.69, 9.17) is 4.74 Å². The Kier molecular flexibility index (Phi) is 5.58. The molecule has 0 unspecified atom stereocenters. The molecule has 32 heavy (non-hydrogen) atoms. The van der Waals surface area contributed by atoms with Gasteiger partial charge in [0.2, 0.25) is 0 Å². The normalized spacial score (nSPS) is 10.6. The van der Waals surface area contributed by atoms with E-state index >= 15 is 0 Å². The lowest BCUT2D eigenvalue weighted by atomic mass is 10.2. The van der Waals surface area contributed by atoms with Gasteiger partial charge < -0.3 is 10.1 Å². The van der Waals surface area contributed by atoms with Crippen LogP contribution in [-0.4, -0.2) is 30.8 Å². The minimum Gasteiger partial charge on any atom is -0.455 e. The van der Waals surface area contributed by atoms with Gasteiger partial charge in [0, 0.05) is 24.0 Å². The number of aromatic nitrogens is 4. The SMILES string of the molecule is Cc1cc(NC(=O)c2nnn(-c3cccc([N+](=O)[O-])c3)c2C)ccc1Oc1cccnc1. The zero-order valence-electron chi connectivity index (χ0n) is 17.2. The molecule has 2 aromatic carbocycles. The highest BCUT2D eigenvalue weighted by atomic mass is 16.6. The van der Waals surface area contributed by atoms with Crippen molar-refractivity contribution in [3.05, 3.63) is 94.1 Å². The number of nitrogens with zero attached hydrogens (tertiary/aromatic N) is 5. The fraction of sp³-hybridized carbons (Fsp3) is 0.0909. The van der Waals surface area contributed by atoms with Crippen molar-refractivity contribution in [3.8, 4) is 17.2 Å². The Hall–Kier alpha value is -4.60. The molecule has 160 valence electrons. The molecule has 4 aromatic rings. The van der Waals surface area contributed by atoms with Crippen molar-refractivity contribution in [3.63, 3.8) is 0 Å². The van der Waals surface area contributed by atoms with Gasteiger partial charge in [-0.1, -0.05) is 11.3 Å². The number of rotatable bonds is 6. The van der Waals surface area contributed by atoms with Crippen LogP contribution in [-0.2, 0) is 0 Å². The molecule has 0 saturated carbocycles. The van der Waals surface area contributed by atoms with Gasteiger partial charge in [-0.05, 0) is 55.8 Å². The molecule has 0 aliphatic carbocycles. The molecule has 1 N–H and O–H groups in total. The fourth-order valence-corrected chi connectivity index (χ4v) is 3.09. The number of hydrogen-bond acceptors (Lipinski definition) is 7. The van der Waals surface area contributed by atoms with E-state index in [9.17, 15) is 14.9 Å². The van der Waals surface area contributed by atoms with Crippen molar-refractivity contribution >= 4 is 17.3 Å². The van der Waals surface area contributed by atoms with Gasteiger partial charge in [-0.3, -0.25) is 19.9 Å². The number of nitro benzene ring substituents is 1. The standard InChI is InChI=1S/C22H18N6O4/c1-14-11-16(8-9-20(14)32-19-7-4-10-23-13-19)24-22(29)21-15(2)27(26-25-21)17-5-3-6-18(12-17)28(30)31/h3-13H,1-2H3,(H,24,29). The third kappa shape index (κ3) is 4.29. The molecule has 0 spiro atoms. The van der Waals surface area contributed by atoms with Crippen LogP contribution in [0.25, 0.3) is 5.69 Å². The van der Waals surface area contributed by atoms with Crippen LogP contribution in [0.1, 0.15) is 21.7 Å². The van der Waals surface area contributed by atoms with Crippen molar-refractivity contribution < 1.29 is 14.5 Å². The van der Waals surface area contributed by atoms with Gasteiger partial charge in [0.25, 0.3) is 11.6 Å². The maximum atomic E-state index is 12.8. The first-order valence-corrected chi connectivity index (χ1v) is 9.59. The molecule has 2 heterocycles. The number of non-ortho nitro benzene ring substituents is 1. The van der Waals surface area contributed by atoms with Crippen LogP contribution in [0.3, 0.4) is 0 Å². The van der Waals surface area contributed by atoms with Crippen molar-refractivity contribution in [2.24, 2.45) is 0 Å². The highest BCUT2D eigenvalue weighted by Gasteiger charge is 2.19. The molecule has 10 nitrogen and oxygen atoms in total. The number of anilines is 1. The molecule has 10 heteroatoms. The van der Waals surface area contributed by atoms with E-state index in [1.54, 1.807) is 61.8 Å². The van der Waals surface area contributed by atoms with Crippen molar-refractivity contribution in [2.45, 2.75) is 13.8 Å². The van der Waals surface area contributed by atoms with Crippen LogP contribution in [0.5, 0.6) is 11.5 Å². The van der Waals surface area contributed by atoms with Gasteiger partial charge in [0.1, 0.15) is 11.5 Å². The topological polar surface area (TPSA) is 125 Å². The van der Waals surface area contributed by atoms with E-state index in [-0.39, 0.29) is 11.4 Å². The van der Waals surface area contributed by atoms with Crippen molar-refractivity contribution in [1.29, 1.82) is 0 Å². The molecule has 0 aliphatic rings. The largest absolute Gasteiger partial charge is 0.455 e. The maximum absolute atomic E-state index is 12.8. The minimum absolute atomic E-state index is 0.0764. The summed E-state index contributed by atoms with van der Waals surface area (Å²) < 4.78 is 7.19. The highest BCUT2D eigenvalue weighted by molar-refractivity contribution is 6.03. The van der Waals surface area contributed by atoms with Crippen LogP contribution in [0.15, 0.2) is 67.0 Å². The first kappa shape index (κ1) is 20.7. The molecule has 2 aromatic heterocycles. The van der Waals surface area contributed by atoms with Gasteiger partial charge in [-0.15, -0.1) is 5.10 Å². The van der Waals surface area contributed by atoms with E-state index in [2.05, 4.69) is 20.6 Å². The molecule has 0 radical (unpaired) electrons. The Morgan fingerprint density at radius 3 is 2.69 bits per heavy atom. The number of pyridine rings is 1. The molecular formula is C22H18N6O4. The first-order chi connectivity index (χ1) is 15.4. The summed E-state index contributed by atoms with van der Waals surface area (Å²) in [6, 6.07) is 14.8. The van der Waals surface area contributed by atoms with Crippen LogP contribution in [0.2, 0.25) is 0 Å². The summed E-state index contributed by atoms with van der Waals surface area (Å²) in [6.45, 7) is 3.54. The second-order valence-corrected chi connectivity index (χ2v) is 6.94. The number of aryl methyl sites for hydroxylation is 1. The van der Waals surface area contributed by atoms with Gasteiger partial charge in [-0.25, -0.2) is 4.68 Å². The number of nitro groups is 1. The quantitative estimate of drug-likeness (QED) is 0.358. The van der Waals surface area contributed by atoms with E-state index in [1.807, 2.05) is 6.92 Å². The maximum Gasteiger partial charge on any atom is 0.278 e. The predicted molar refractivity (Wildman–Crippen MR) is 116 cm³/mol. The number of carbonyl (C=O) groups excluding carboxylic acids is 1. The number of amides is 1. The number of carbonyl (C=O) groups is 1. The zero-order valence-corrected chi connectivity index (χ0v) is 17.2. The number of ether oxygens (including phenoxy) is 1. The molecule has 0 bridgehead atoms. The van der Waals surface area contributed by atoms with Gasteiger partial charge in [0.05, 0.1) is 22.5 Å². The Bertz CT molecular complexity index is 1300. The monoisotopic (exact) mass is 430 g/mol. The molecule has 0 fully saturated rings. The summed E-state index contributed by atoms with van der Waals surface area (Å²) in [5.41, 5.74) is 2.32. The number of hydrogen-bond donors (Lipinski definition) is 1. The first-order valence-electron chi connectivity index (χ1n) is 9.59. The van der Waals surface area contributed by atoms with Gasteiger partial charge in [0.15, 0.2) is 5.69 Å². The summed E-state index contributed by atoms with van der Waals surface area (Å²) in [7, 11) is 0. The lowest BCUT2D eigenvalue weighted by Crippen LogP contribution is -2.14. The van der Waals surface area contributed by atoms with E-state index in [0.29, 0.717) is 28.6 Å². The Morgan fingerprint density at radius 2 is 1.97 bits per heavy atom. The minimum atomic E-state index is -0.493. The van der Waals surface area contributed by atoms with Crippen molar-refractivity contribution in [2.75, 3.05) is 5.32 Å². The predicted octanol–water partition coefficient (Wildman–Crippen LogP) is 4.23. The number of nitrogens with one attached hydrogen (secondary N) is 1. The summed E-state index contributed by atoms with van der Waals surface area (Å²) in [6.07, 6.45) is 3.28. The fourth-order valence-electron chi connectivity index (χ4n) is 3.09. The molecule has 4 rings (SSSR count). The van der Waals surface area contributed by atoms with Crippen molar-refractivity contribution in [1.82, 2.24) is 20.0 Å². The van der Waals surface area contributed by atoms with E-state index < -0.39 is 10.8 Å². The summed E-state index contributed by atoms with van der Waals surface area (Å²) >= 11 is 0. The highest BCUT2D eigenvalue weighted by Crippen LogP contribution is 2.27. The molecule has 0 atom stereocenters. The summed E-state index contributed by atoms with van der Waals surface area (Å²) in [5, 5.41) is 21.8. The van der Waals surface area contributed by atoms with Crippen LogP contribution >= 0.6 is 0 Å². The molecular weight excluding hydrogens is 412 g/mol. The lowest BCUT2D eigenvalue weighted by Gasteiger charge is -2.11. The van der Waals surface area contributed by atoms with E-state index in [1.165, 1.54) is 16.8 Å². The Morgan fingerprint density at radius 1 is 1.12 bits per heavy atom. The zero-order chi connectivity index (χ0) is 22.7. The van der Waals surface area contributed by atoms with Crippen LogP contribution in [0, 0.1) is 24.0 Å². The third-order valence-electron chi connectivity index (χ3n) is 4.69. The summed E-state index contributed by atoms with van der Waals surface area (Å²) in [5.74, 6) is 0.809.